The van der Waals surface area contributed by atoms with Gasteiger partial charge in [-0.25, -0.2) is 4.98 Å². The maximum Gasteiger partial charge on any atom is 0.178 e. The summed E-state index contributed by atoms with van der Waals surface area (Å²) in [6, 6.07) is 59.1. The molecule has 3 heteroatoms. The molecule has 0 radical (unpaired) electrons. The number of hydrogen-bond acceptors (Lipinski definition) is 3. The fourth-order valence-electron chi connectivity index (χ4n) is 10.7. The van der Waals surface area contributed by atoms with Crippen molar-refractivity contribution in [3.05, 3.63) is 251 Å². The van der Waals surface area contributed by atoms with Gasteiger partial charge < -0.3 is 9.47 Å². The first-order valence-electron chi connectivity index (χ1n) is 22.3. The summed E-state index contributed by atoms with van der Waals surface area (Å²) in [6.45, 7) is 0. The average molecular weight is 812 g/mol. The highest BCUT2D eigenvalue weighted by Crippen LogP contribution is 2.62. The quantitative estimate of drug-likeness (QED) is 0.161. The van der Waals surface area contributed by atoms with Gasteiger partial charge >= 0.3 is 0 Å². The van der Waals surface area contributed by atoms with Gasteiger partial charge in [-0.2, -0.15) is 0 Å². The molecule has 302 valence electrons. The molecule has 1 aromatic heterocycles. The molecule has 2 unspecified atom stereocenters. The van der Waals surface area contributed by atoms with Crippen LogP contribution in [0.3, 0.4) is 0 Å². The topological polar surface area (TPSA) is 31.4 Å². The molecule has 63 heavy (non-hydrogen) atoms. The monoisotopic (exact) mass is 811 g/mol. The van der Waals surface area contributed by atoms with E-state index in [-0.39, 0.29) is 11.3 Å². The standard InChI is InChI=1S/C60H45NO2/c1-5-16-40(17-6-1)42-28-30-43(31-29-42)53-37-47(41-18-7-2-8-19-41)38-54(61-53)46-21-15-20-44(36-46)45-32-34-55-57(39-45)63-59-56(62-55)35-33-52-58(59)50-26-13-14-27-51(50)60(52,48-22-9-3-10-23-48)49-24-11-4-12-25-49/h1-24,26-28,30,33,35-39,49H,25,29,31-32,34H2. The van der Waals surface area contributed by atoms with Gasteiger partial charge in [0, 0.05) is 17.5 Å². The molecule has 0 saturated heterocycles. The highest BCUT2D eigenvalue weighted by Gasteiger charge is 2.51. The van der Waals surface area contributed by atoms with Crippen molar-refractivity contribution in [3.63, 3.8) is 0 Å². The molecular formula is C60H45NO2. The molecule has 1 aliphatic heterocycles. The minimum absolute atomic E-state index is 0.237. The summed E-state index contributed by atoms with van der Waals surface area (Å²) in [6.07, 6.45) is 20.3. The normalized spacial score (nSPS) is 19.4. The van der Waals surface area contributed by atoms with Gasteiger partial charge in [0.05, 0.1) is 16.8 Å². The van der Waals surface area contributed by atoms with Gasteiger partial charge in [0.25, 0.3) is 0 Å². The van der Waals surface area contributed by atoms with Gasteiger partial charge in [0.1, 0.15) is 5.76 Å². The van der Waals surface area contributed by atoms with Crippen LogP contribution in [-0.4, -0.2) is 4.98 Å². The SMILES string of the molecule is C1=CCC(C2(c3ccccc3)c3ccccc3-c3c2ccc2c3OC3=C(CCC(c4cccc(-c5cc(-c6ccccc6)cc(C6=CC=C(c7ccccc7)CC6)n5)c4)=C3)O2)C=C1. The molecule has 0 saturated carbocycles. The van der Waals surface area contributed by atoms with Crippen molar-refractivity contribution in [2.24, 2.45) is 5.92 Å². The third kappa shape index (κ3) is 6.38. The molecule has 7 aromatic rings. The predicted molar refractivity (Wildman–Crippen MR) is 257 cm³/mol. The van der Waals surface area contributed by atoms with Gasteiger partial charge in [0.2, 0.25) is 0 Å². The van der Waals surface area contributed by atoms with Crippen LogP contribution in [0.1, 0.15) is 65.6 Å². The maximum absolute atomic E-state index is 7.13. The van der Waals surface area contributed by atoms with E-state index in [1.165, 1.54) is 55.7 Å². The van der Waals surface area contributed by atoms with E-state index < -0.39 is 0 Å². The van der Waals surface area contributed by atoms with Crippen LogP contribution in [0.25, 0.3) is 50.2 Å². The third-order valence-corrected chi connectivity index (χ3v) is 13.7. The van der Waals surface area contributed by atoms with Gasteiger partial charge in [-0.15, -0.1) is 0 Å². The lowest BCUT2D eigenvalue weighted by Crippen LogP contribution is -2.35. The van der Waals surface area contributed by atoms with Crippen molar-refractivity contribution < 1.29 is 9.47 Å². The van der Waals surface area contributed by atoms with E-state index in [0.717, 1.165) is 83.2 Å². The van der Waals surface area contributed by atoms with Crippen LogP contribution in [0, 0.1) is 5.92 Å². The second kappa shape index (κ2) is 15.4. The Morgan fingerprint density at radius 3 is 2.00 bits per heavy atom. The minimum Gasteiger partial charge on any atom is -0.454 e. The highest BCUT2D eigenvalue weighted by molar-refractivity contribution is 5.90. The Kier molecular flexibility index (Phi) is 9.14. The zero-order chi connectivity index (χ0) is 41.7. The lowest BCUT2D eigenvalue weighted by Gasteiger charge is -2.40. The molecule has 2 atom stereocenters. The molecule has 0 bridgehead atoms. The van der Waals surface area contributed by atoms with Crippen LogP contribution in [-0.2, 0) is 5.41 Å². The number of aromatic nitrogens is 1. The third-order valence-electron chi connectivity index (χ3n) is 13.7. The van der Waals surface area contributed by atoms with Crippen molar-refractivity contribution in [1.29, 1.82) is 0 Å². The van der Waals surface area contributed by atoms with Crippen molar-refractivity contribution >= 4 is 16.7 Å². The number of rotatable bonds is 7. The van der Waals surface area contributed by atoms with Crippen LogP contribution < -0.4 is 9.47 Å². The second-order valence-electron chi connectivity index (χ2n) is 17.2. The lowest BCUT2D eigenvalue weighted by molar-refractivity contribution is 0.291. The zero-order valence-corrected chi connectivity index (χ0v) is 35.0. The van der Waals surface area contributed by atoms with Crippen LogP contribution in [0.5, 0.6) is 11.5 Å². The Morgan fingerprint density at radius 1 is 0.508 bits per heavy atom. The number of benzene rings is 6. The lowest BCUT2D eigenvalue weighted by atomic mass is 9.62. The summed E-state index contributed by atoms with van der Waals surface area (Å²) in [5, 5.41) is 0. The number of ether oxygens (including phenoxy) is 2. The van der Waals surface area contributed by atoms with Gasteiger partial charge in [-0.05, 0) is 123 Å². The molecule has 0 fully saturated rings. The molecular weight excluding hydrogens is 767 g/mol. The number of hydrogen-bond donors (Lipinski definition) is 0. The fourth-order valence-corrected chi connectivity index (χ4v) is 10.7. The van der Waals surface area contributed by atoms with E-state index in [0.29, 0.717) is 0 Å². The van der Waals surface area contributed by atoms with E-state index in [2.05, 4.69) is 206 Å². The van der Waals surface area contributed by atoms with Gasteiger partial charge in [-0.3, -0.25) is 0 Å². The molecule has 3 nitrogen and oxygen atoms in total. The maximum atomic E-state index is 7.13. The molecule has 4 aliphatic carbocycles. The first-order valence-corrected chi connectivity index (χ1v) is 22.3. The molecule has 0 N–H and O–H groups in total. The van der Waals surface area contributed by atoms with E-state index in [9.17, 15) is 0 Å². The van der Waals surface area contributed by atoms with Gasteiger partial charge in [-0.1, -0.05) is 176 Å². The summed E-state index contributed by atoms with van der Waals surface area (Å²) in [5.74, 6) is 3.49. The Labute approximate surface area is 369 Å². The molecule has 5 aliphatic rings. The van der Waals surface area contributed by atoms with Crippen molar-refractivity contribution in [1.82, 2.24) is 4.98 Å². The number of fused-ring (bicyclic) bond motifs is 5. The van der Waals surface area contributed by atoms with Crippen molar-refractivity contribution in [2.75, 3.05) is 0 Å². The number of pyridine rings is 1. The average Bonchev–Trinajstić information content (AvgIpc) is 3.68. The van der Waals surface area contributed by atoms with Crippen LogP contribution >= 0.6 is 0 Å². The molecule has 6 aromatic carbocycles. The summed E-state index contributed by atoms with van der Waals surface area (Å²) in [5.41, 5.74) is 17.6. The van der Waals surface area contributed by atoms with Crippen molar-refractivity contribution in [3.8, 4) is 45.0 Å². The Balaban J connectivity index is 0.911. The van der Waals surface area contributed by atoms with E-state index in [4.69, 9.17) is 14.5 Å². The Hall–Kier alpha value is -7.49. The van der Waals surface area contributed by atoms with Gasteiger partial charge in [0.15, 0.2) is 17.3 Å². The first-order chi connectivity index (χ1) is 31.2. The minimum atomic E-state index is -0.378. The molecule has 0 spiro atoms. The first kappa shape index (κ1) is 37.3. The Bertz CT molecular complexity index is 3130. The predicted octanol–water partition coefficient (Wildman–Crippen LogP) is 15.0. The van der Waals surface area contributed by atoms with E-state index in [1.54, 1.807) is 0 Å². The molecule has 2 heterocycles. The Morgan fingerprint density at radius 2 is 1.21 bits per heavy atom. The smallest absolute Gasteiger partial charge is 0.178 e. The molecule has 0 amide bonds. The second-order valence-corrected chi connectivity index (χ2v) is 17.2. The summed E-state index contributed by atoms with van der Waals surface area (Å²) >= 11 is 0. The number of nitrogens with zero attached hydrogens (tertiary/aromatic N) is 1. The summed E-state index contributed by atoms with van der Waals surface area (Å²) < 4.78 is 13.9. The van der Waals surface area contributed by atoms with Crippen LogP contribution in [0.2, 0.25) is 0 Å². The highest BCUT2D eigenvalue weighted by atomic mass is 16.6. The summed E-state index contributed by atoms with van der Waals surface area (Å²) in [7, 11) is 0. The van der Waals surface area contributed by atoms with Crippen LogP contribution in [0.4, 0.5) is 0 Å². The summed E-state index contributed by atoms with van der Waals surface area (Å²) in [4.78, 5) is 5.37. The van der Waals surface area contributed by atoms with Crippen molar-refractivity contribution in [2.45, 2.75) is 37.5 Å². The molecule has 12 rings (SSSR count). The fraction of sp³-hybridized carbons (Fsp3) is 0.117. The van der Waals surface area contributed by atoms with E-state index >= 15 is 0 Å². The zero-order valence-electron chi connectivity index (χ0n) is 35.0. The largest absolute Gasteiger partial charge is 0.454 e. The van der Waals surface area contributed by atoms with Crippen LogP contribution in [0.15, 0.2) is 218 Å². The van der Waals surface area contributed by atoms with E-state index in [1.807, 2.05) is 0 Å². The number of allylic oxidation sites excluding steroid dienone is 11.